The van der Waals surface area contributed by atoms with Gasteiger partial charge in [0.15, 0.2) is 11.5 Å². The fourth-order valence-corrected chi connectivity index (χ4v) is 2.76. The lowest BCUT2D eigenvalue weighted by molar-refractivity contribution is -0.144. The van der Waals surface area contributed by atoms with Crippen molar-refractivity contribution in [1.82, 2.24) is 25.3 Å². The summed E-state index contributed by atoms with van der Waals surface area (Å²) in [5.41, 5.74) is 0.742. The number of fused-ring (bicyclic) bond motifs is 1. The van der Waals surface area contributed by atoms with E-state index in [1.165, 1.54) is 6.33 Å². The smallest absolute Gasteiger partial charge is 0.330 e. The number of carbonyl (C=O) groups is 1. The number of anilines is 1. The van der Waals surface area contributed by atoms with E-state index in [4.69, 9.17) is 16.3 Å². The second-order valence-electron chi connectivity index (χ2n) is 5.01. The lowest BCUT2D eigenvalue weighted by Gasteiger charge is -2.35. The summed E-state index contributed by atoms with van der Waals surface area (Å²) in [6.07, 6.45) is 1.27. The normalized spacial score (nSPS) is 17.5. The molecule has 2 aromatic heterocycles. The Morgan fingerprint density at radius 3 is 3.08 bits per heavy atom. The highest BCUT2D eigenvalue weighted by atomic mass is 35.5. The minimum absolute atomic E-state index is 0.0371. The Morgan fingerprint density at radius 2 is 2.33 bits per heavy atom. The molecule has 2 aromatic rings. The van der Waals surface area contributed by atoms with Gasteiger partial charge in [0.25, 0.3) is 0 Å². The monoisotopic (exact) mass is 347 g/mol. The van der Waals surface area contributed by atoms with Crippen molar-refractivity contribution in [2.45, 2.75) is 13.0 Å². The molecule has 124 valence electrons. The van der Waals surface area contributed by atoms with Crippen LogP contribution < -0.4 is 10.2 Å². The molecule has 0 saturated carbocycles. The van der Waals surface area contributed by atoms with Gasteiger partial charge >= 0.3 is 5.97 Å². The van der Waals surface area contributed by atoms with Gasteiger partial charge in [-0.05, 0) is 18.5 Å². The van der Waals surface area contributed by atoms with Gasteiger partial charge in [-0.1, -0.05) is 0 Å². The number of nitrogens with one attached hydrogen (secondary N) is 1. The standard InChI is InChI=1S/C14H14ClN7O2/c1-2-24-13(23)9-6-17-3-4-22(9)12-11-10(20-14(15)21-12)8(5-16)18-7-19-11/h7,9,17H,2-4,6H2,1H3. The summed E-state index contributed by atoms with van der Waals surface area (Å²) >= 11 is 6.01. The molecule has 1 fully saturated rings. The number of halogens is 1. The number of carbonyl (C=O) groups excluding carboxylic acids is 1. The van der Waals surface area contributed by atoms with Crippen LogP contribution in [0.1, 0.15) is 12.6 Å². The molecular weight excluding hydrogens is 334 g/mol. The summed E-state index contributed by atoms with van der Waals surface area (Å²) in [6, 6.07) is 1.40. The van der Waals surface area contributed by atoms with Crippen LogP contribution >= 0.6 is 11.6 Å². The van der Waals surface area contributed by atoms with E-state index in [2.05, 4.69) is 25.3 Å². The molecule has 9 nitrogen and oxygen atoms in total. The van der Waals surface area contributed by atoms with E-state index in [0.717, 1.165) is 0 Å². The molecule has 0 bridgehead atoms. The van der Waals surface area contributed by atoms with Crippen LogP contribution in [0, 0.1) is 11.3 Å². The van der Waals surface area contributed by atoms with E-state index in [1.807, 2.05) is 6.07 Å². The molecule has 0 spiro atoms. The van der Waals surface area contributed by atoms with Crippen molar-refractivity contribution in [2.24, 2.45) is 0 Å². The van der Waals surface area contributed by atoms with Crippen LogP contribution in [0.4, 0.5) is 5.82 Å². The molecule has 3 rings (SSSR count). The molecule has 1 N–H and O–H groups in total. The fraction of sp³-hybridized carbons (Fsp3) is 0.429. The first kappa shape index (κ1) is 16.3. The molecular formula is C14H14ClN7O2. The largest absolute Gasteiger partial charge is 0.464 e. The third-order valence-corrected chi connectivity index (χ3v) is 3.79. The molecule has 1 saturated heterocycles. The highest BCUT2D eigenvalue weighted by Gasteiger charge is 2.32. The van der Waals surface area contributed by atoms with Crippen molar-refractivity contribution in [1.29, 1.82) is 5.26 Å². The molecule has 1 aliphatic heterocycles. The molecule has 1 unspecified atom stereocenters. The van der Waals surface area contributed by atoms with Crippen molar-refractivity contribution < 1.29 is 9.53 Å². The Labute approximate surface area is 142 Å². The number of rotatable bonds is 3. The van der Waals surface area contributed by atoms with E-state index in [0.29, 0.717) is 31.0 Å². The second-order valence-corrected chi connectivity index (χ2v) is 5.35. The van der Waals surface area contributed by atoms with E-state index >= 15 is 0 Å². The van der Waals surface area contributed by atoms with Gasteiger partial charge in [-0.15, -0.1) is 0 Å². The molecule has 10 heteroatoms. The van der Waals surface area contributed by atoms with Crippen molar-refractivity contribution in [2.75, 3.05) is 31.1 Å². The number of ether oxygens (including phenoxy) is 1. The lowest BCUT2D eigenvalue weighted by Crippen LogP contribution is -2.56. The highest BCUT2D eigenvalue weighted by molar-refractivity contribution is 6.28. The number of hydrogen-bond donors (Lipinski definition) is 1. The number of aromatic nitrogens is 4. The first-order valence-electron chi connectivity index (χ1n) is 7.38. The topological polar surface area (TPSA) is 117 Å². The quantitative estimate of drug-likeness (QED) is 0.617. The Kier molecular flexibility index (Phi) is 4.69. The minimum atomic E-state index is -0.562. The van der Waals surface area contributed by atoms with E-state index < -0.39 is 6.04 Å². The van der Waals surface area contributed by atoms with Gasteiger partial charge in [-0.2, -0.15) is 10.2 Å². The van der Waals surface area contributed by atoms with E-state index in [1.54, 1.807) is 11.8 Å². The Bertz CT molecular complexity index is 823. The number of esters is 1. The number of hydrogen-bond acceptors (Lipinski definition) is 9. The van der Waals surface area contributed by atoms with Crippen LogP contribution in [0.15, 0.2) is 6.33 Å². The van der Waals surface area contributed by atoms with Gasteiger partial charge in [0.1, 0.15) is 29.5 Å². The highest BCUT2D eigenvalue weighted by Crippen LogP contribution is 2.27. The molecule has 0 aromatic carbocycles. The van der Waals surface area contributed by atoms with Crippen molar-refractivity contribution in [3.8, 4) is 6.07 Å². The van der Waals surface area contributed by atoms with Gasteiger partial charge in [-0.25, -0.2) is 19.7 Å². The Hall–Kier alpha value is -2.57. The molecule has 0 radical (unpaired) electrons. The molecule has 0 amide bonds. The van der Waals surface area contributed by atoms with Crippen molar-refractivity contribution >= 4 is 34.4 Å². The maximum absolute atomic E-state index is 12.3. The SMILES string of the molecule is CCOC(=O)C1CNCCN1c1nc(Cl)nc2c(C#N)ncnc12. The second kappa shape index (κ2) is 6.90. The van der Waals surface area contributed by atoms with Gasteiger partial charge < -0.3 is 15.0 Å². The van der Waals surface area contributed by atoms with Crippen LogP contribution in [-0.2, 0) is 9.53 Å². The molecule has 1 atom stereocenters. The van der Waals surface area contributed by atoms with Crippen LogP contribution in [0.2, 0.25) is 5.28 Å². The maximum Gasteiger partial charge on any atom is 0.330 e. The van der Waals surface area contributed by atoms with Crippen LogP contribution in [0.25, 0.3) is 11.0 Å². The zero-order chi connectivity index (χ0) is 17.1. The number of nitrogens with zero attached hydrogens (tertiary/aromatic N) is 6. The summed E-state index contributed by atoms with van der Waals surface area (Å²) < 4.78 is 5.14. The summed E-state index contributed by atoms with van der Waals surface area (Å²) in [5.74, 6) is 0.0330. The molecule has 1 aliphatic rings. The third kappa shape index (κ3) is 2.93. The third-order valence-electron chi connectivity index (χ3n) is 3.62. The van der Waals surface area contributed by atoms with Crippen LogP contribution in [0.3, 0.4) is 0 Å². The summed E-state index contributed by atoms with van der Waals surface area (Å²) in [5, 5.41) is 12.3. The van der Waals surface area contributed by atoms with Crippen molar-refractivity contribution in [3.05, 3.63) is 17.3 Å². The first-order chi connectivity index (χ1) is 11.7. The van der Waals surface area contributed by atoms with E-state index in [-0.39, 0.29) is 29.1 Å². The summed E-state index contributed by atoms with van der Waals surface area (Å²) in [7, 11) is 0. The van der Waals surface area contributed by atoms with E-state index in [9.17, 15) is 10.1 Å². The average Bonchev–Trinajstić information content (AvgIpc) is 2.60. The van der Waals surface area contributed by atoms with Gasteiger partial charge in [-0.3, -0.25) is 0 Å². The van der Waals surface area contributed by atoms with Gasteiger partial charge in [0, 0.05) is 19.6 Å². The number of piperazine rings is 1. The van der Waals surface area contributed by atoms with Gasteiger partial charge in [0.2, 0.25) is 5.28 Å². The predicted molar refractivity (Wildman–Crippen MR) is 85.5 cm³/mol. The summed E-state index contributed by atoms with van der Waals surface area (Å²) in [6.45, 7) is 3.63. The Morgan fingerprint density at radius 1 is 1.50 bits per heavy atom. The maximum atomic E-state index is 12.3. The lowest BCUT2D eigenvalue weighted by atomic mass is 10.2. The number of nitriles is 1. The average molecular weight is 348 g/mol. The fourth-order valence-electron chi connectivity index (χ4n) is 2.59. The van der Waals surface area contributed by atoms with Crippen LogP contribution in [-0.4, -0.2) is 58.2 Å². The molecule has 24 heavy (non-hydrogen) atoms. The zero-order valence-electron chi connectivity index (χ0n) is 12.9. The zero-order valence-corrected chi connectivity index (χ0v) is 13.6. The van der Waals surface area contributed by atoms with Gasteiger partial charge in [0.05, 0.1) is 6.61 Å². The summed E-state index contributed by atoms with van der Waals surface area (Å²) in [4.78, 5) is 30.4. The van der Waals surface area contributed by atoms with Crippen LogP contribution in [0.5, 0.6) is 0 Å². The Balaban J connectivity index is 2.13. The predicted octanol–water partition coefficient (Wildman–Crippen LogP) is 0.286. The first-order valence-corrected chi connectivity index (χ1v) is 7.75. The minimum Gasteiger partial charge on any atom is -0.464 e. The molecule has 3 heterocycles. The van der Waals surface area contributed by atoms with Crippen molar-refractivity contribution in [3.63, 3.8) is 0 Å². The molecule has 0 aliphatic carbocycles.